The van der Waals surface area contributed by atoms with Crippen molar-refractivity contribution in [1.82, 2.24) is 14.9 Å². The zero-order valence-corrected chi connectivity index (χ0v) is 8.75. The molecule has 0 amide bonds. The second-order valence-electron chi connectivity index (χ2n) is 2.82. The molecule has 0 saturated heterocycles. The molecule has 0 saturated carbocycles. The van der Waals surface area contributed by atoms with Crippen LogP contribution in [0.1, 0.15) is 19.4 Å². The number of hydrogen-bond acceptors (Lipinski definition) is 3. The number of nitrogens with zero attached hydrogens (tertiary/aromatic N) is 3. The smallest absolute Gasteiger partial charge is 0.222 e. The van der Waals surface area contributed by atoms with Crippen molar-refractivity contribution in [3.05, 3.63) is 23.2 Å². The number of aromatic nitrogens is 2. The lowest BCUT2D eigenvalue weighted by atomic mass is 10.3. The summed E-state index contributed by atoms with van der Waals surface area (Å²) in [5.41, 5.74) is 1.10. The van der Waals surface area contributed by atoms with E-state index in [1.54, 1.807) is 12.4 Å². The summed E-state index contributed by atoms with van der Waals surface area (Å²) in [5.74, 6) is 0. The van der Waals surface area contributed by atoms with E-state index in [0.29, 0.717) is 5.28 Å². The Bertz CT molecular complexity index is 244. The molecule has 13 heavy (non-hydrogen) atoms. The fourth-order valence-corrected chi connectivity index (χ4v) is 1.22. The molecular formula is C9H14ClN3. The fourth-order valence-electron chi connectivity index (χ4n) is 1.13. The molecule has 1 heterocycles. The van der Waals surface area contributed by atoms with Crippen molar-refractivity contribution < 1.29 is 0 Å². The van der Waals surface area contributed by atoms with Gasteiger partial charge in [-0.2, -0.15) is 0 Å². The molecule has 0 N–H and O–H groups in total. The molecule has 1 aromatic heterocycles. The van der Waals surface area contributed by atoms with Crippen molar-refractivity contribution in [2.24, 2.45) is 0 Å². The zero-order valence-electron chi connectivity index (χ0n) is 8.00. The summed E-state index contributed by atoms with van der Waals surface area (Å²) in [4.78, 5) is 10.2. The van der Waals surface area contributed by atoms with Gasteiger partial charge < -0.3 is 0 Å². The molecule has 0 radical (unpaired) electrons. The highest BCUT2D eigenvalue weighted by Crippen LogP contribution is 2.04. The summed E-state index contributed by atoms with van der Waals surface area (Å²) in [6, 6.07) is 0. The summed E-state index contributed by atoms with van der Waals surface area (Å²) in [7, 11) is 0. The standard InChI is InChI=1S/C9H14ClN3/c1-3-13(4-2)7-8-5-11-9(10)12-6-8/h5-6H,3-4,7H2,1-2H3. The molecule has 4 heteroatoms. The monoisotopic (exact) mass is 199 g/mol. The lowest BCUT2D eigenvalue weighted by Crippen LogP contribution is -2.22. The van der Waals surface area contributed by atoms with Gasteiger partial charge in [-0.25, -0.2) is 9.97 Å². The fraction of sp³-hybridized carbons (Fsp3) is 0.556. The first kappa shape index (κ1) is 10.4. The summed E-state index contributed by atoms with van der Waals surface area (Å²) < 4.78 is 0. The molecule has 0 atom stereocenters. The Kier molecular flexibility index (Phi) is 4.12. The summed E-state index contributed by atoms with van der Waals surface area (Å²) in [5, 5.41) is 0.309. The van der Waals surface area contributed by atoms with Crippen LogP contribution in [0.25, 0.3) is 0 Å². The third-order valence-corrected chi connectivity index (χ3v) is 2.17. The Morgan fingerprint density at radius 1 is 1.23 bits per heavy atom. The molecule has 0 aromatic carbocycles. The van der Waals surface area contributed by atoms with Crippen molar-refractivity contribution in [2.45, 2.75) is 20.4 Å². The van der Waals surface area contributed by atoms with Gasteiger partial charge in [0.2, 0.25) is 5.28 Å². The average Bonchev–Trinajstić information content (AvgIpc) is 2.17. The van der Waals surface area contributed by atoms with E-state index in [9.17, 15) is 0 Å². The van der Waals surface area contributed by atoms with Gasteiger partial charge in [-0.15, -0.1) is 0 Å². The second kappa shape index (κ2) is 5.14. The van der Waals surface area contributed by atoms with Crippen molar-refractivity contribution >= 4 is 11.6 Å². The summed E-state index contributed by atoms with van der Waals surface area (Å²) in [6.45, 7) is 7.25. The van der Waals surface area contributed by atoms with Crippen molar-refractivity contribution in [1.29, 1.82) is 0 Å². The van der Waals surface area contributed by atoms with Crippen molar-refractivity contribution in [3.63, 3.8) is 0 Å². The molecule has 1 rings (SSSR count). The first-order valence-corrected chi connectivity index (χ1v) is 4.82. The van der Waals surface area contributed by atoms with E-state index in [0.717, 1.165) is 25.2 Å². The van der Waals surface area contributed by atoms with Crippen LogP contribution < -0.4 is 0 Å². The molecule has 0 bridgehead atoms. The van der Waals surface area contributed by atoms with Gasteiger partial charge in [-0.3, -0.25) is 4.90 Å². The third-order valence-electron chi connectivity index (χ3n) is 1.97. The Morgan fingerprint density at radius 3 is 2.23 bits per heavy atom. The zero-order chi connectivity index (χ0) is 9.68. The molecule has 3 nitrogen and oxygen atoms in total. The van der Waals surface area contributed by atoms with Gasteiger partial charge >= 0.3 is 0 Å². The molecule has 0 spiro atoms. The van der Waals surface area contributed by atoms with Gasteiger partial charge in [-0.1, -0.05) is 13.8 Å². The summed E-state index contributed by atoms with van der Waals surface area (Å²) in [6.07, 6.45) is 3.54. The van der Waals surface area contributed by atoms with Crippen molar-refractivity contribution in [2.75, 3.05) is 13.1 Å². The SMILES string of the molecule is CCN(CC)Cc1cnc(Cl)nc1. The Hall–Kier alpha value is -0.670. The molecule has 1 aromatic rings. The van der Waals surface area contributed by atoms with E-state index >= 15 is 0 Å². The van der Waals surface area contributed by atoms with E-state index in [2.05, 4.69) is 28.7 Å². The van der Waals surface area contributed by atoms with Crippen LogP contribution >= 0.6 is 11.6 Å². The van der Waals surface area contributed by atoms with Gasteiger partial charge in [0.15, 0.2) is 0 Å². The minimum atomic E-state index is 0.309. The van der Waals surface area contributed by atoms with E-state index < -0.39 is 0 Å². The second-order valence-corrected chi connectivity index (χ2v) is 3.16. The molecular weight excluding hydrogens is 186 g/mol. The van der Waals surface area contributed by atoms with Gasteiger partial charge in [0.25, 0.3) is 0 Å². The summed E-state index contributed by atoms with van der Waals surface area (Å²) >= 11 is 5.58. The van der Waals surface area contributed by atoms with Crippen LogP contribution in [0.4, 0.5) is 0 Å². The van der Waals surface area contributed by atoms with Crippen LogP contribution in [-0.2, 0) is 6.54 Å². The van der Waals surface area contributed by atoms with Crippen LogP contribution in [0.3, 0.4) is 0 Å². The maximum Gasteiger partial charge on any atom is 0.222 e. The highest BCUT2D eigenvalue weighted by Gasteiger charge is 2.01. The van der Waals surface area contributed by atoms with Gasteiger partial charge in [0.05, 0.1) is 0 Å². The minimum absolute atomic E-state index is 0.309. The maximum absolute atomic E-state index is 5.58. The van der Waals surface area contributed by atoms with Crippen LogP contribution in [0.5, 0.6) is 0 Å². The topological polar surface area (TPSA) is 29.0 Å². The van der Waals surface area contributed by atoms with E-state index in [1.165, 1.54) is 0 Å². The third kappa shape index (κ3) is 3.28. The number of hydrogen-bond donors (Lipinski definition) is 0. The van der Waals surface area contributed by atoms with Gasteiger partial charge in [0.1, 0.15) is 0 Å². The lowest BCUT2D eigenvalue weighted by molar-refractivity contribution is 0.295. The number of halogens is 1. The molecule has 72 valence electrons. The first-order valence-electron chi connectivity index (χ1n) is 4.45. The predicted molar refractivity (Wildman–Crippen MR) is 53.7 cm³/mol. The molecule has 0 aliphatic carbocycles. The average molecular weight is 200 g/mol. The Labute approximate surface area is 83.8 Å². The minimum Gasteiger partial charge on any atom is -0.300 e. The molecule has 0 unspecified atom stereocenters. The largest absolute Gasteiger partial charge is 0.300 e. The van der Waals surface area contributed by atoms with E-state index in [-0.39, 0.29) is 0 Å². The van der Waals surface area contributed by atoms with Crippen molar-refractivity contribution in [3.8, 4) is 0 Å². The molecule has 0 aliphatic heterocycles. The van der Waals surface area contributed by atoms with Crippen LogP contribution in [0.15, 0.2) is 12.4 Å². The van der Waals surface area contributed by atoms with Gasteiger partial charge in [-0.05, 0) is 24.7 Å². The van der Waals surface area contributed by atoms with Gasteiger partial charge in [0, 0.05) is 24.5 Å². The predicted octanol–water partition coefficient (Wildman–Crippen LogP) is 1.97. The van der Waals surface area contributed by atoms with E-state index in [4.69, 9.17) is 11.6 Å². The Balaban J connectivity index is 2.58. The lowest BCUT2D eigenvalue weighted by Gasteiger charge is -2.17. The number of rotatable bonds is 4. The normalized spacial score (nSPS) is 10.8. The first-order chi connectivity index (χ1) is 6.26. The molecule has 0 aliphatic rings. The van der Waals surface area contributed by atoms with Crippen LogP contribution in [-0.4, -0.2) is 28.0 Å². The van der Waals surface area contributed by atoms with E-state index in [1.807, 2.05) is 0 Å². The molecule has 0 fully saturated rings. The quantitative estimate of drug-likeness (QED) is 0.695. The maximum atomic E-state index is 5.58. The van der Waals surface area contributed by atoms with Crippen LogP contribution in [0, 0.1) is 0 Å². The highest BCUT2D eigenvalue weighted by atomic mass is 35.5. The Morgan fingerprint density at radius 2 is 1.77 bits per heavy atom. The van der Waals surface area contributed by atoms with Crippen LogP contribution in [0.2, 0.25) is 5.28 Å². The highest BCUT2D eigenvalue weighted by molar-refractivity contribution is 6.28.